The molecule has 1 unspecified atom stereocenters. The monoisotopic (exact) mass is 290 g/mol. The Hall–Kier alpha value is -0.710. The van der Waals surface area contributed by atoms with Crippen molar-refractivity contribution in [2.45, 2.75) is 50.6 Å². The predicted octanol–water partition coefficient (Wildman–Crippen LogP) is 3.92. The van der Waals surface area contributed by atoms with E-state index in [-0.39, 0.29) is 0 Å². The van der Waals surface area contributed by atoms with E-state index in [9.17, 15) is 0 Å². The van der Waals surface area contributed by atoms with Crippen LogP contribution in [0.2, 0.25) is 0 Å². The van der Waals surface area contributed by atoms with E-state index in [2.05, 4.69) is 22.1 Å². The number of thiazole rings is 1. The first kappa shape index (κ1) is 12.1. The topological polar surface area (TPSA) is 24.9 Å². The number of aromatic nitrogens is 1. The molecule has 1 N–H and O–H groups in total. The summed E-state index contributed by atoms with van der Waals surface area (Å²) in [6, 6.07) is 3.28. The number of aryl methyl sites for hydroxylation is 2. The lowest BCUT2D eigenvalue weighted by Gasteiger charge is -2.14. The quantitative estimate of drug-likeness (QED) is 0.923. The third kappa shape index (κ3) is 2.49. The van der Waals surface area contributed by atoms with Crippen molar-refractivity contribution in [1.29, 1.82) is 0 Å². The zero-order chi connectivity index (χ0) is 12.7. The molecule has 4 heteroatoms. The highest BCUT2D eigenvalue weighted by atomic mass is 32.1. The van der Waals surface area contributed by atoms with Gasteiger partial charge < -0.3 is 5.32 Å². The highest BCUT2D eigenvalue weighted by Crippen LogP contribution is 2.35. The average molecular weight is 290 g/mol. The largest absolute Gasteiger partial charge is 0.301 e. The second-order valence-electron chi connectivity index (χ2n) is 5.56. The number of thiophene rings is 1. The van der Waals surface area contributed by atoms with Crippen molar-refractivity contribution < 1.29 is 0 Å². The summed E-state index contributed by atoms with van der Waals surface area (Å²) in [6.07, 6.45) is 7.74. The van der Waals surface area contributed by atoms with Crippen LogP contribution in [0, 0.1) is 0 Å². The Morgan fingerprint density at radius 3 is 2.89 bits per heavy atom. The second kappa shape index (κ2) is 5.00. The Balaban J connectivity index is 1.67. The van der Waals surface area contributed by atoms with E-state index in [4.69, 9.17) is 4.98 Å². The molecule has 0 aromatic carbocycles. The fourth-order valence-corrected chi connectivity index (χ4v) is 4.66. The summed E-state index contributed by atoms with van der Waals surface area (Å²) in [6.45, 7) is 0. The first-order valence-corrected chi connectivity index (χ1v) is 8.93. The number of fused-ring (bicyclic) bond motifs is 1. The van der Waals surface area contributed by atoms with Crippen LogP contribution in [0.1, 0.15) is 52.9 Å². The van der Waals surface area contributed by atoms with Gasteiger partial charge in [0.25, 0.3) is 0 Å². The van der Waals surface area contributed by atoms with E-state index in [1.165, 1.54) is 54.8 Å². The molecule has 1 saturated carbocycles. The minimum atomic E-state index is 0.328. The van der Waals surface area contributed by atoms with Crippen LogP contribution in [0.5, 0.6) is 0 Å². The van der Waals surface area contributed by atoms with Gasteiger partial charge in [0.2, 0.25) is 0 Å². The maximum Gasteiger partial charge on any atom is 0.115 e. The van der Waals surface area contributed by atoms with Gasteiger partial charge in [-0.15, -0.1) is 11.3 Å². The lowest BCUT2D eigenvalue weighted by atomic mass is 10.0. The summed E-state index contributed by atoms with van der Waals surface area (Å²) in [5, 5.41) is 9.50. The van der Waals surface area contributed by atoms with Gasteiger partial charge in [-0.3, -0.25) is 0 Å². The lowest BCUT2D eigenvalue weighted by molar-refractivity contribution is 0.595. The lowest BCUT2D eigenvalue weighted by Crippen LogP contribution is -2.24. The second-order valence-corrected chi connectivity index (χ2v) is 7.45. The zero-order valence-electron chi connectivity index (χ0n) is 10.9. The van der Waals surface area contributed by atoms with Crippen LogP contribution < -0.4 is 5.32 Å². The number of nitrogens with zero attached hydrogens (tertiary/aromatic N) is 1. The molecular weight excluding hydrogens is 272 g/mol. The van der Waals surface area contributed by atoms with Gasteiger partial charge in [-0.25, -0.2) is 4.98 Å². The van der Waals surface area contributed by atoms with E-state index in [0.29, 0.717) is 12.1 Å². The molecular formula is C15H18N2S2. The van der Waals surface area contributed by atoms with Gasteiger partial charge in [0, 0.05) is 10.9 Å². The Bertz CT molecular complexity index is 531. The normalized spacial score (nSPS) is 20.2. The maximum absolute atomic E-state index is 4.95. The first-order chi connectivity index (χ1) is 9.40. The van der Waals surface area contributed by atoms with Crippen molar-refractivity contribution in [3.63, 3.8) is 0 Å². The van der Waals surface area contributed by atoms with Crippen molar-refractivity contribution in [1.82, 2.24) is 10.3 Å². The molecule has 2 nitrogen and oxygen atoms in total. The minimum absolute atomic E-state index is 0.328. The molecule has 2 aliphatic carbocycles. The third-order valence-electron chi connectivity index (χ3n) is 3.97. The number of hydrogen-bond acceptors (Lipinski definition) is 4. The van der Waals surface area contributed by atoms with Gasteiger partial charge in [-0.05, 0) is 60.9 Å². The Labute approximate surface area is 121 Å². The van der Waals surface area contributed by atoms with Crippen LogP contribution >= 0.6 is 22.7 Å². The number of nitrogens with one attached hydrogen (secondary N) is 1. The summed E-state index contributed by atoms with van der Waals surface area (Å²) in [7, 11) is 0. The SMILES string of the molecule is c1cc(C(NC2CC2)c2nc3c(s2)CCCC3)cs1. The van der Waals surface area contributed by atoms with E-state index < -0.39 is 0 Å². The number of hydrogen-bond donors (Lipinski definition) is 1. The van der Waals surface area contributed by atoms with Gasteiger partial charge in [0.15, 0.2) is 0 Å². The molecule has 0 radical (unpaired) electrons. The van der Waals surface area contributed by atoms with E-state index in [0.717, 1.165) is 0 Å². The minimum Gasteiger partial charge on any atom is -0.301 e. The average Bonchev–Trinajstić information content (AvgIpc) is 2.95. The van der Waals surface area contributed by atoms with Crippen LogP contribution in [0.25, 0.3) is 0 Å². The van der Waals surface area contributed by atoms with Crippen LogP contribution in [0.4, 0.5) is 0 Å². The highest BCUT2D eigenvalue weighted by Gasteiger charge is 2.29. The molecule has 1 atom stereocenters. The first-order valence-electron chi connectivity index (χ1n) is 7.17. The molecule has 1 fully saturated rings. The molecule has 4 rings (SSSR count). The summed E-state index contributed by atoms with van der Waals surface area (Å²) >= 11 is 3.72. The van der Waals surface area contributed by atoms with Crippen molar-refractivity contribution in [2.75, 3.05) is 0 Å². The van der Waals surface area contributed by atoms with Crippen molar-refractivity contribution in [3.8, 4) is 0 Å². The summed E-state index contributed by atoms with van der Waals surface area (Å²) in [5.41, 5.74) is 2.77. The molecule has 0 bridgehead atoms. The molecule has 19 heavy (non-hydrogen) atoms. The Kier molecular flexibility index (Phi) is 3.17. The highest BCUT2D eigenvalue weighted by molar-refractivity contribution is 7.12. The predicted molar refractivity (Wildman–Crippen MR) is 81.1 cm³/mol. The van der Waals surface area contributed by atoms with Crippen molar-refractivity contribution >= 4 is 22.7 Å². The van der Waals surface area contributed by atoms with Gasteiger partial charge in [0.1, 0.15) is 5.01 Å². The van der Waals surface area contributed by atoms with Gasteiger partial charge in [-0.2, -0.15) is 11.3 Å². The fraction of sp³-hybridized carbons (Fsp3) is 0.533. The third-order valence-corrected chi connectivity index (χ3v) is 5.89. The zero-order valence-corrected chi connectivity index (χ0v) is 12.5. The fourth-order valence-electron chi connectivity index (χ4n) is 2.73. The Morgan fingerprint density at radius 2 is 2.16 bits per heavy atom. The van der Waals surface area contributed by atoms with Crippen LogP contribution in [0.15, 0.2) is 16.8 Å². The van der Waals surface area contributed by atoms with Gasteiger partial charge >= 0.3 is 0 Å². The molecule has 0 amide bonds. The van der Waals surface area contributed by atoms with Crippen molar-refractivity contribution in [3.05, 3.63) is 38.0 Å². The van der Waals surface area contributed by atoms with Crippen LogP contribution in [0.3, 0.4) is 0 Å². The number of rotatable bonds is 4. The summed E-state index contributed by atoms with van der Waals surface area (Å²) in [5.74, 6) is 0. The summed E-state index contributed by atoms with van der Waals surface area (Å²) in [4.78, 5) is 6.49. The molecule has 2 aromatic heterocycles. The molecule has 2 heterocycles. The van der Waals surface area contributed by atoms with E-state index >= 15 is 0 Å². The van der Waals surface area contributed by atoms with Crippen LogP contribution in [-0.2, 0) is 12.8 Å². The van der Waals surface area contributed by atoms with Gasteiger partial charge in [-0.1, -0.05) is 0 Å². The molecule has 0 saturated heterocycles. The molecule has 2 aromatic rings. The van der Waals surface area contributed by atoms with E-state index in [1.807, 2.05) is 11.3 Å². The van der Waals surface area contributed by atoms with Crippen LogP contribution in [-0.4, -0.2) is 11.0 Å². The summed E-state index contributed by atoms with van der Waals surface area (Å²) < 4.78 is 0. The maximum atomic E-state index is 4.95. The molecule has 0 spiro atoms. The Morgan fingerprint density at radius 1 is 1.26 bits per heavy atom. The smallest absolute Gasteiger partial charge is 0.115 e. The van der Waals surface area contributed by atoms with Gasteiger partial charge in [0.05, 0.1) is 11.7 Å². The molecule has 2 aliphatic rings. The van der Waals surface area contributed by atoms with Crippen molar-refractivity contribution in [2.24, 2.45) is 0 Å². The molecule has 100 valence electrons. The standard InChI is InChI=1S/C15H18N2S2/c1-2-4-13-12(3-1)17-15(19-13)14(16-11-5-6-11)10-7-8-18-9-10/h7-9,11,14,16H,1-6H2. The van der Waals surface area contributed by atoms with E-state index in [1.54, 1.807) is 16.2 Å². The molecule has 0 aliphatic heterocycles.